The lowest BCUT2D eigenvalue weighted by molar-refractivity contribution is -0.393. The molecule has 0 unspecified atom stereocenters. The van der Waals surface area contributed by atoms with Gasteiger partial charge in [0.15, 0.2) is 0 Å². The molecule has 0 atom stereocenters. The van der Waals surface area contributed by atoms with Crippen molar-refractivity contribution in [1.82, 2.24) is 0 Å². The molecule has 0 aromatic heterocycles. The van der Waals surface area contributed by atoms with Gasteiger partial charge in [0, 0.05) is 0 Å². The van der Waals surface area contributed by atoms with Crippen LogP contribution in [0.4, 0.5) is 4.79 Å². The van der Waals surface area contributed by atoms with Crippen LogP contribution in [0.2, 0.25) is 0 Å². The van der Waals surface area contributed by atoms with E-state index in [4.69, 9.17) is 14.9 Å². The van der Waals surface area contributed by atoms with Gasteiger partial charge in [0.2, 0.25) is 0 Å². The molecule has 0 radical (unpaired) electrons. The number of hydrogen-bond acceptors (Lipinski definition) is 4. The highest BCUT2D eigenvalue weighted by Crippen LogP contribution is 2.14. The maximum absolute atomic E-state index is 9.54. The summed E-state index contributed by atoms with van der Waals surface area (Å²) in [5.41, 5.74) is -0.430. The van der Waals surface area contributed by atoms with E-state index in [1.54, 1.807) is 0 Å². The predicted molar refractivity (Wildman–Crippen MR) is 65.9 cm³/mol. The van der Waals surface area contributed by atoms with Crippen molar-refractivity contribution in [1.29, 1.82) is 0 Å². The average molecular weight is 250 g/mol. The first-order valence-electron chi connectivity index (χ1n) is 5.70. The standard InChI is InChI=1S/C8H18O2.C4H8O3/c1-7(2,3)9-10-8(4,5)6;1-2-3-7-4(5)6/h1-6H3;2-3H2,1H3,(H,5,6). The van der Waals surface area contributed by atoms with E-state index >= 15 is 0 Å². The van der Waals surface area contributed by atoms with E-state index in [-0.39, 0.29) is 11.2 Å². The molecule has 5 nitrogen and oxygen atoms in total. The zero-order valence-corrected chi connectivity index (χ0v) is 12.0. The van der Waals surface area contributed by atoms with Crippen molar-refractivity contribution in [2.45, 2.75) is 66.1 Å². The molecule has 0 spiro atoms. The van der Waals surface area contributed by atoms with Crippen molar-refractivity contribution in [3.05, 3.63) is 0 Å². The number of carboxylic acid groups (broad SMARTS) is 1. The lowest BCUT2D eigenvalue weighted by Crippen LogP contribution is -2.27. The van der Waals surface area contributed by atoms with E-state index in [9.17, 15) is 4.79 Å². The van der Waals surface area contributed by atoms with Crippen molar-refractivity contribution in [2.24, 2.45) is 0 Å². The van der Waals surface area contributed by atoms with Gasteiger partial charge in [-0.25, -0.2) is 14.6 Å². The van der Waals surface area contributed by atoms with E-state index in [0.29, 0.717) is 6.61 Å². The van der Waals surface area contributed by atoms with Crippen LogP contribution in [-0.2, 0) is 14.5 Å². The Hall–Kier alpha value is -0.810. The second-order valence-corrected chi connectivity index (χ2v) is 5.51. The van der Waals surface area contributed by atoms with Gasteiger partial charge in [0.25, 0.3) is 0 Å². The Morgan fingerprint density at radius 3 is 1.47 bits per heavy atom. The molecule has 0 fully saturated rings. The molecule has 0 bridgehead atoms. The van der Waals surface area contributed by atoms with Gasteiger partial charge in [0.1, 0.15) is 0 Å². The van der Waals surface area contributed by atoms with Crippen molar-refractivity contribution in [3.8, 4) is 0 Å². The van der Waals surface area contributed by atoms with Gasteiger partial charge in [-0.15, -0.1) is 0 Å². The zero-order chi connectivity index (χ0) is 14.1. The highest BCUT2D eigenvalue weighted by molar-refractivity contribution is 5.56. The summed E-state index contributed by atoms with van der Waals surface area (Å²) in [5.74, 6) is 0. The molecule has 1 N–H and O–H groups in total. The minimum atomic E-state index is -1.19. The molecular weight excluding hydrogens is 224 g/mol. The molecule has 0 amide bonds. The van der Waals surface area contributed by atoms with Gasteiger partial charge < -0.3 is 9.84 Å². The molecule has 0 saturated heterocycles. The zero-order valence-electron chi connectivity index (χ0n) is 12.0. The fourth-order valence-corrected chi connectivity index (χ4v) is 0.439. The third kappa shape index (κ3) is 25.5. The van der Waals surface area contributed by atoms with Crippen molar-refractivity contribution in [3.63, 3.8) is 0 Å². The SMILES string of the molecule is CC(C)(C)OOC(C)(C)C.CCCOC(=O)O. The molecule has 0 rings (SSSR count). The minimum absolute atomic E-state index is 0.215. The Bertz CT molecular complexity index is 186. The van der Waals surface area contributed by atoms with Crippen molar-refractivity contribution in [2.75, 3.05) is 6.61 Å². The van der Waals surface area contributed by atoms with Crippen LogP contribution in [0.1, 0.15) is 54.9 Å². The summed E-state index contributed by atoms with van der Waals surface area (Å²) >= 11 is 0. The van der Waals surface area contributed by atoms with Crippen molar-refractivity contribution < 1.29 is 24.4 Å². The quantitative estimate of drug-likeness (QED) is 0.471. The Kier molecular flexibility index (Phi) is 9.06. The van der Waals surface area contributed by atoms with E-state index in [0.717, 1.165) is 6.42 Å². The second kappa shape index (κ2) is 8.31. The van der Waals surface area contributed by atoms with Gasteiger partial charge in [0.05, 0.1) is 17.8 Å². The third-order valence-electron chi connectivity index (χ3n) is 0.971. The topological polar surface area (TPSA) is 65.0 Å². The Morgan fingerprint density at radius 1 is 1.00 bits per heavy atom. The lowest BCUT2D eigenvalue weighted by atomic mass is 10.2. The molecule has 0 aliphatic carbocycles. The number of rotatable bonds is 3. The first-order valence-corrected chi connectivity index (χ1v) is 5.70. The number of hydrogen-bond donors (Lipinski definition) is 1. The smallest absolute Gasteiger partial charge is 0.450 e. The van der Waals surface area contributed by atoms with Gasteiger partial charge in [-0.05, 0) is 48.0 Å². The maximum Gasteiger partial charge on any atom is 0.505 e. The Morgan fingerprint density at radius 2 is 1.35 bits per heavy atom. The molecule has 0 saturated carbocycles. The van der Waals surface area contributed by atoms with Gasteiger partial charge >= 0.3 is 6.16 Å². The molecule has 17 heavy (non-hydrogen) atoms. The fourth-order valence-electron chi connectivity index (χ4n) is 0.439. The fraction of sp³-hybridized carbons (Fsp3) is 0.917. The first-order chi connectivity index (χ1) is 7.48. The molecular formula is C12H26O5. The van der Waals surface area contributed by atoms with Crippen LogP contribution in [0.5, 0.6) is 0 Å². The van der Waals surface area contributed by atoms with Crippen LogP contribution in [0, 0.1) is 0 Å². The minimum Gasteiger partial charge on any atom is -0.450 e. The summed E-state index contributed by atoms with van der Waals surface area (Å²) in [6, 6.07) is 0. The van der Waals surface area contributed by atoms with E-state index in [1.165, 1.54) is 0 Å². The van der Waals surface area contributed by atoms with Gasteiger partial charge in [-0.2, -0.15) is 0 Å². The summed E-state index contributed by atoms with van der Waals surface area (Å²) in [4.78, 5) is 19.7. The summed E-state index contributed by atoms with van der Waals surface area (Å²) in [6.45, 7) is 13.9. The number of carbonyl (C=O) groups is 1. The lowest BCUT2D eigenvalue weighted by Gasteiger charge is -2.24. The molecule has 0 aliphatic rings. The van der Waals surface area contributed by atoms with Crippen LogP contribution < -0.4 is 0 Å². The average Bonchev–Trinajstić information content (AvgIpc) is 2.10. The molecule has 104 valence electrons. The van der Waals surface area contributed by atoms with E-state index in [1.807, 2.05) is 48.5 Å². The molecule has 0 heterocycles. The van der Waals surface area contributed by atoms with E-state index in [2.05, 4.69) is 4.74 Å². The third-order valence-corrected chi connectivity index (χ3v) is 0.971. The molecule has 5 heteroatoms. The monoisotopic (exact) mass is 250 g/mol. The highest BCUT2D eigenvalue weighted by Gasteiger charge is 2.18. The summed E-state index contributed by atoms with van der Waals surface area (Å²) in [7, 11) is 0. The predicted octanol–water partition coefficient (Wildman–Crippen LogP) is 3.62. The first kappa shape index (κ1) is 18.6. The van der Waals surface area contributed by atoms with Crippen LogP contribution in [-0.4, -0.2) is 29.1 Å². The normalized spacial score (nSPS) is 11.5. The van der Waals surface area contributed by atoms with E-state index < -0.39 is 6.16 Å². The highest BCUT2D eigenvalue weighted by atomic mass is 17.2. The van der Waals surface area contributed by atoms with Crippen LogP contribution in [0.15, 0.2) is 0 Å². The van der Waals surface area contributed by atoms with Gasteiger partial charge in [-0.1, -0.05) is 6.92 Å². The molecule has 0 aliphatic heterocycles. The van der Waals surface area contributed by atoms with Crippen LogP contribution >= 0.6 is 0 Å². The summed E-state index contributed by atoms with van der Waals surface area (Å²) < 4.78 is 4.11. The summed E-state index contributed by atoms with van der Waals surface area (Å²) in [6.07, 6.45) is -0.450. The maximum atomic E-state index is 9.54. The second-order valence-electron chi connectivity index (χ2n) is 5.51. The van der Waals surface area contributed by atoms with Crippen LogP contribution in [0.25, 0.3) is 0 Å². The number of ether oxygens (including phenoxy) is 1. The Labute approximate surface area is 104 Å². The van der Waals surface area contributed by atoms with Crippen LogP contribution in [0.3, 0.4) is 0 Å². The Balaban J connectivity index is 0. The summed E-state index contributed by atoms with van der Waals surface area (Å²) in [5, 5.41) is 7.82. The van der Waals surface area contributed by atoms with Gasteiger partial charge in [-0.3, -0.25) is 0 Å². The molecule has 0 aromatic carbocycles. The largest absolute Gasteiger partial charge is 0.505 e. The molecule has 0 aromatic rings. The van der Waals surface area contributed by atoms with Crippen molar-refractivity contribution >= 4 is 6.16 Å².